The quantitative estimate of drug-likeness (QED) is 0.430. The van der Waals surface area contributed by atoms with Crippen molar-refractivity contribution in [1.29, 1.82) is 0 Å². The lowest BCUT2D eigenvalue weighted by Gasteiger charge is -2.20. The second-order valence-corrected chi connectivity index (χ2v) is 7.04. The molecular weight excluding hydrogens is 390 g/mol. The first-order valence-corrected chi connectivity index (χ1v) is 9.40. The third kappa shape index (κ3) is 5.40. The fraction of sp³-hybridized carbons (Fsp3) is 0.136. The van der Waals surface area contributed by atoms with Gasteiger partial charge in [0.1, 0.15) is 5.69 Å². The van der Waals surface area contributed by atoms with Gasteiger partial charge in [-0.15, -0.1) is 0 Å². The molecule has 3 aromatic carbocycles. The molecule has 3 aromatic rings. The number of carbonyl (C=O) groups excluding carboxylic acids is 1. The van der Waals surface area contributed by atoms with Gasteiger partial charge in [0.15, 0.2) is 0 Å². The normalized spacial score (nSPS) is 11.7. The Labute approximate surface area is 173 Å². The van der Waals surface area contributed by atoms with E-state index in [4.69, 9.17) is 11.6 Å². The van der Waals surface area contributed by atoms with Crippen molar-refractivity contribution in [3.8, 4) is 0 Å². The van der Waals surface area contributed by atoms with E-state index < -0.39 is 4.92 Å². The highest BCUT2D eigenvalue weighted by molar-refractivity contribution is 6.31. The van der Waals surface area contributed by atoms with E-state index in [-0.39, 0.29) is 34.9 Å². The molecule has 0 saturated carbocycles. The lowest BCUT2D eigenvalue weighted by atomic mass is 9.98. The van der Waals surface area contributed by atoms with Crippen LogP contribution in [0.3, 0.4) is 0 Å². The van der Waals surface area contributed by atoms with E-state index in [1.54, 1.807) is 0 Å². The first-order valence-electron chi connectivity index (χ1n) is 9.03. The third-order valence-corrected chi connectivity index (χ3v) is 4.68. The molecule has 0 spiro atoms. The average Bonchev–Trinajstić information content (AvgIpc) is 2.71. The number of rotatable bonds is 7. The summed E-state index contributed by atoms with van der Waals surface area (Å²) in [6.45, 7) is 1.99. The first-order chi connectivity index (χ1) is 13.9. The number of nitro benzene ring substituents is 1. The van der Waals surface area contributed by atoms with E-state index in [1.165, 1.54) is 18.2 Å². The molecule has 0 heterocycles. The number of nitrogens with one attached hydrogen (secondary N) is 2. The van der Waals surface area contributed by atoms with Crippen LogP contribution >= 0.6 is 11.6 Å². The molecule has 29 heavy (non-hydrogen) atoms. The number of benzene rings is 3. The lowest BCUT2D eigenvalue weighted by Crippen LogP contribution is -2.32. The highest BCUT2D eigenvalue weighted by atomic mass is 35.5. The predicted octanol–water partition coefficient (Wildman–Crippen LogP) is 4.87. The van der Waals surface area contributed by atoms with E-state index in [9.17, 15) is 14.9 Å². The summed E-state index contributed by atoms with van der Waals surface area (Å²) in [6, 6.07) is 21.8. The summed E-state index contributed by atoms with van der Waals surface area (Å²) >= 11 is 5.82. The number of carbonyl (C=O) groups is 1. The summed E-state index contributed by atoms with van der Waals surface area (Å²) < 4.78 is 0. The Kier molecular flexibility index (Phi) is 6.59. The van der Waals surface area contributed by atoms with Crippen molar-refractivity contribution in [3.63, 3.8) is 0 Å². The van der Waals surface area contributed by atoms with Gasteiger partial charge in [-0.25, -0.2) is 0 Å². The molecule has 0 unspecified atom stereocenters. The van der Waals surface area contributed by atoms with Crippen molar-refractivity contribution in [2.45, 2.75) is 13.0 Å². The Balaban J connectivity index is 1.75. The monoisotopic (exact) mass is 409 g/mol. The largest absolute Gasteiger partial charge is 0.319 e. The lowest BCUT2D eigenvalue weighted by molar-refractivity contribution is -0.383. The highest BCUT2D eigenvalue weighted by Gasteiger charge is 2.18. The number of nitro groups is 1. The SMILES string of the molecule is Cc1ccc([C@@H](NCC(=O)Nc2ccc(Cl)cc2[N+](=O)[O-])c2ccccc2)cc1. The number of hydrogen-bond acceptors (Lipinski definition) is 4. The van der Waals surface area contributed by atoms with E-state index in [2.05, 4.69) is 10.6 Å². The molecule has 6 nitrogen and oxygen atoms in total. The number of aryl methyl sites for hydroxylation is 1. The van der Waals surface area contributed by atoms with Gasteiger partial charge in [-0.3, -0.25) is 20.2 Å². The van der Waals surface area contributed by atoms with Gasteiger partial charge in [-0.2, -0.15) is 0 Å². The van der Waals surface area contributed by atoms with Crippen molar-refractivity contribution in [1.82, 2.24) is 5.32 Å². The molecule has 0 aliphatic carbocycles. The topological polar surface area (TPSA) is 84.3 Å². The fourth-order valence-corrected chi connectivity index (χ4v) is 3.15. The van der Waals surface area contributed by atoms with Crippen LogP contribution in [0.15, 0.2) is 72.8 Å². The second-order valence-electron chi connectivity index (χ2n) is 6.60. The van der Waals surface area contributed by atoms with Crippen LogP contribution in [-0.2, 0) is 4.79 Å². The molecule has 0 saturated heterocycles. The van der Waals surface area contributed by atoms with E-state index in [0.717, 1.165) is 16.7 Å². The van der Waals surface area contributed by atoms with Crippen molar-refractivity contribution >= 4 is 28.9 Å². The number of nitrogens with zero attached hydrogens (tertiary/aromatic N) is 1. The number of anilines is 1. The first kappa shape index (κ1) is 20.5. The summed E-state index contributed by atoms with van der Waals surface area (Å²) in [5.41, 5.74) is 3.05. The average molecular weight is 410 g/mol. The second kappa shape index (κ2) is 9.32. The molecule has 0 radical (unpaired) electrons. The maximum absolute atomic E-state index is 12.5. The molecule has 0 fully saturated rings. The van der Waals surface area contributed by atoms with Crippen LogP contribution in [0.4, 0.5) is 11.4 Å². The van der Waals surface area contributed by atoms with Gasteiger partial charge >= 0.3 is 0 Å². The van der Waals surface area contributed by atoms with Crippen molar-refractivity contribution < 1.29 is 9.72 Å². The van der Waals surface area contributed by atoms with Crippen LogP contribution in [0.25, 0.3) is 0 Å². The van der Waals surface area contributed by atoms with Gasteiger partial charge in [0, 0.05) is 11.1 Å². The van der Waals surface area contributed by atoms with Crippen molar-refractivity contribution in [3.05, 3.63) is 105 Å². The molecule has 2 N–H and O–H groups in total. The Bertz CT molecular complexity index is 1010. The summed E-state index contributed by atoms with van der Waals surface area (Å²) in [7, 11) is 0. The summed E-state index contributed by atoms with van der Waals surface area (Å²) in [4.78, 5) is 23.1. The molecule has 0 bridgehead atoms. The van der Waals surface area contributed by atoms with Gasteiger partial charge in [0.2, 0.25) is 5.91 Å². The molecule has 3 rings (SSSR count). The Morgan fingerprint density at radius 3 is 2.34 bits per heavy atom. The van der Waals surface area contributed by atoms with Crippen LogP contribution in [0.2, 0.25) is 5.02 Å². The summed E-state index contributed by atoms with van der Waals surface area (Å²) in [6.07, 6.45) is 0. The van der Waals surface area contributed by atoms with E-state index in [0.29, 0.717) is 0 Å². The molecule has 7 heteroatoms. The minimum absolute atomic E-state index is 0.0206. The maximum atomic E-state index is 12.5. The smallest absolute Gasteiger partial charge is 0.294 e. The molecular formula is C22H20ClN3O3. The van der Waals surface area contributed by atoms with Crippen LogP contribution in [-0.4, -0.2) is 17.4 Å². The van der Waals surface area contributed by atoms with Gasteiger partial charge < -0.3 is 5.32 Å². The van der Waals surface area contributed by atoms with Crippen LogP contribution in [0.1, 0.15) is 22.7 Å². The fourth-order valence-electron chi connectivity index (χ4n) is 2.98. The maximum Gasteiger partial charge on any atom is 0.294 e. The van der Waals surface area contributed by atoms with E-state index in [1.807, 2.05) is 61.5 Å². The minimum atomic E-state index is -0.575. The van der Waals surface area contributed by atoms with Crippen LogP contribution in [0, 0.1) is 17.0 Å². The predicted molar refractivity (Wildman–Crippen MR) is 114 cm³/mol. The standard InChI is InChI=1S/C22H20ClN3O3/c1-15-7-9-17(10-8-15)22(16-5-3-2-4-6-16)24-14-21(27)25-19-12-11-18(23)13-20(19)26(28)29/h2-13,22,24H,14H2,1H3,(H,25,27)/t22-/m0/s1. The molecule has 1 atom stereocenters. The van der Waals surface area contributed by atoms with Crippen molar-refractivity contribution in [2.75, 3.05) is 11.9 Å². The number of hydrogen-bond donors (Lipinski definition) is 2. The zero-order valence-corrected chi connectivity index (χ0v) is 16.5. The summed E-state index contributed by atoms with van der Waals surface area (Å²) in [5, 5.41) is 17.3. The highest BCUT2D eigenvalue weighted by Crippen LogP contribution is 2.28. The molecule has 148 valence electrons. The number of halogens is 1. The zero-order valence-electron chi connectivity index (χ0n) is 15.8. The molecule has 0 aromatic heterocycles. The Morgan fingerprint density at radius 2 is 1.69 bits per heavy atom. The van der Waals surface area contributed by atoms with Gasteiger partial charge in [0.25, 0.3) is 5.69 Å². The van der Waals surface area contributed by atoms with Crippen LogP contribution in [0.5, 0.6) is 0 Å². The summed E-state index contributed by atoms with van der Waals surface area (Å²) in [5.74, 6) is -0.386. The molecule has 0 aliphatic rings. The molecule has 0 aliphatic heterocycles. The Hall–Kier alpha value is -3.22. The van der Waals surface area contributed by atoms with E-state index >= 15 is 0 Å². The molecule has 1 amide bonds. The van der Waals surface area contributed by atoms with Crippen molar-refractivity contribution in [2.24, 2.45) is 0 Å². The van der Waals surface area contributed by atoms with Gasteiger partial charge in [0.05, 0.1) is 17.5 Å². The Morgan fingerprint density at radius 1 is 1.03 bits per heavy atom. The minimum Gasteiger partial charge on any atom is -0.319 e. The van der Waals surface area contributed by atoms with Crippen LogP contribution < -0.4 is 10.6 Å². The van der Waals surface area contributed by atoms with Gasteiger partial charge in [-0.05, 0) is 30.2 Å². The third-order valence-electron chi connectivity index (χ3n) is 4.44. The number of amides is 1. The van der Waals surface area contributed by atoms with Gasteiger partial charge in [-0.1, -0.05) is 71.8 Å². The zero-order chi connectivity index (χ0) is 20.8.